The molecule has 0 aliphatic carbocycles. The molecule has 0 spiro atoms. The summed E-state index contributed by atoms with van der Waals surface area (Å²) in [5.41, 5.74) is 0. The number of methoxy groups -OCH3 is 1. The highest BCUT2D eigenvalue weighted by Gasteiger charge is 2.23. The third-order valence-electron chi connectivity index (χ3n) is 3.91. The van der Waals surface area contributed by atoms with E-state index in [1.807, 2.05) is 30.3 Å². The summed E-state index contributed by atoms with van der Waals surface area (Å²) >= 11 is 0. The third kappa shape index (κ3) is 4.16. The van der Waals surface area contributed by atoms with Gasteiger partial charge in [-0.3, -0.25) is 4.90 Å². The zero-order chi connectivity index (χ0) is 16.1. The SMILES string of the molecule is COC(=O)OC1=CCCN(CCC2COc3ccccc3O2)C1. The van der Waals surface area contributed by atoms with E-state index in [0.717, 1.165) is 37.4 Å². The molecule has 1 aromatic carbocycles. The van der Waals surface area contributed by atoms with E-state index in [0.29, 0.717) is 18.9 Å². The third-order valence-corrected chi connectivity index (χ3v) is 3.91. The molecule has 1 atom stereocenters. The van der Waals surface area contributed by atoms with E-state index in [9.17, 15) is 4.79 Å². The number of carbonyl (C=O) groups excluding carboxylic acids is 1. The molecule has 124 valence electrons. The first kappa shape index (κ1) is 15.7. The fourth-order valence-electron chi connectivity index (χ4n) is 2.72. The predicted molar refractivity (Wildman–Crippen MR) is 83.6 cm³/mol. The van der Waals surface area contributed by atoms with Crippen molar-refractivity contribution in [2.24, 2.45) is 0 Å². The van der Waals surface area contributed by atoms with Crippen LogP contribution in [0, 0.1) is 0 Å². The van der Waals surface area contributed by atoms with E-state index in [2.05, 4.69) is 9.64 Å². The topological polar surface area (TPSA) is 57.2 Å². The maximum absolute atomic E-state index is 11.2. The van der Waals surface area contributed by atoms with Crippen molar-refractivity contribution >= 4 is 6.16 Å². The number of carbonyl (C=O) groups is 1. The molecule has 3 rings (SSSR count). The molecule has 23 heavy (non-hydrogen) atoms. The molecule has 0 aromatic heterocycles. The van der Waals surface area contributed by atoms with Gasteiger partial charge in [0.05, 0.1) is 13.7 Å². The van der Waals surface area contributed by atoms with Crippen LogP contribution in [0.1, 0.15) is 12.8 Å². The minimum atomic E-state index is -0.668. The van der Waals surface area contributed by atoms with Gasteiger partial charge in [0.2, 0.25) is 0 Å². The highest BCUT2D eigenvalue weighted by Crippen LogP contribution is 2.31. The van der Waals surface area contributed by atoms with Crippen LogP contribution in [0.25, 0.3) is 0 Å². The summed E-state index contributed by atoms with van der Waals surface area (Å²) in [7, 11) is 1.31. The highest BCUT2D eigenvalue weighted by atomic mass is 16.7. The van der Waals surface area contributed by atoms with Gasteiger partial charge in [0, 0.05) is 19.5 Å². The standard InChI is InChI=1S/C17H21NO5/c1-20-17(19)23-13-5-4-9-18(11-13)10-8-14-12-21-15-6-2-3-7-16(15)22-14/h2-3,5-7,14H,4,8-12H2,1H3. The Balaban J connectivity index is 1.46. The zero-order valence-corrected chi connectivity index (χ0v) is 13.2. The lowest BCUT2D eigenvalue weighted by Crippen LogP contribution is -2.37. The van der Waals surface area contributed by atoms with Crippen molar-refractivity contribution in [3.05, 3.63) is 36.1 Å². The number of nitrogens with zero attached hydrogens (tertiary/aromatic N) is 1. The van der Waals surface area contributed by atoms with Gasteiger partial charge in [0.15, 0.2) is 11.5 Å². The van der Waals surface area contributed by atoms with Crippen LogP contribution in [0.3, 0.4) is 0 Å². The van der Waals surface area contributed by atoms with Crippen LogP contribution in [0.2, 0.25) is 0 Å². The van der Waals surface area contributed by atoms with Crippen molar-refractivity contribution in [1.82, 2.24) is 4.90 Å². The molecule has 6 heteroatoms. The Bertz CT molecular complexity index is 586. The van der Waals surface area contributed by atoms with Crippen molar-refractivity contribution in [2.45, 2.75) is 18.9 Å². The van der Waals surface area contributed by atoms with Gasteiger partial charge in [-0.05, 0) is 24.6 Å². The number of ether oxygens (including phenoxy) is 4. The molecule has 2 aliphatic heterocycles. The molecule has 6 nitrogen and oxygen atoms in total. The molecule has 0 saturated heterocycles. The largest absolute Gasteiger partial charge is 0.513 e. The van der Waals surface area contributed by atoms with E-state index in [4.69, 9.17) is 14.2 Å². The van der Waals surface area contributed by atoms with Crippen molar-refractivity contribution < 1.29 is 23.7 Å². The van der Waals surface area contributed by atoms with E-state index in [-0.39, 0.29) is 6.10 Å². The summed E-state index contributed by atoms with van der Waals surface area (Å²) in [6, 6.07) is 7.71. The van der Waals surface area contributed by atoms with Gasteiger partial charge in [-0.2, -0.15) is 0 Å². The van der Waals surface area contributed by atoms with Crippen LogP contribution >= 0.6 is 0 Å². The number of fused-ring (bicyclic) bond motifs is 1. The lowest BCUT2D eigenvalue weighted by molar-refractivity contribution is 0.0686. The first-order chi connectivity index (χ1) is 11.2. The summed E-state index contributed by atoms with van der Waals surface area (Å²) < 4.78 is 21.3. The molecule has 2 heterocycles. The minimum absolute atomic E-state index is 0.0424. The maximum Gasteiger partial charge on any atom is 0.513 e. The Morgan fingerprint density at radius 3 is 3.00 bits per heavy atom. The monoisotopic (exact) mass is 319 g/mol. The first-order valence-corrected chi connectivity index (χ1v) is 7.80. The smallest absolute Gasteiger partial charge is 0.486 e. The lowest BCUT2D eigenvalue weighted by atomic mass is 10.2. The normalized spacial score (nSPS) is 20.6. The summed E-state index contributed by atoms with van der Waals surface area (Å²) in [5, 5.41) is 0. The van der Waals surface area contributed by atoms with E-state index in [1.54, 1.807) is 0 Å². The zero-order valence-electron chi connectivity index (χ0n) is 13.2. The Hall–Kier alpha value is -2.21. The molecule has 1 aromatic rings. The molecular formula is C17H21NO5. The van der Waals surface area contributed by atoms with Crippen LogP contribution in [0.4, 0.5) is 4.79 Å². The molecule has 0 bridgehead atoms. The van der Waals surface area contributed by atoms with E-state index in [1.165, 1.54) is 7.11 Å². The molecule has 1 unspecified atom stereocenters. The average Bonchev–Trinajstić information content (AvgIpc) is 2.60. The van der Waals surface area contributed by atoms with Crippen molar-refractivity contribution in [2.75, 3.05) is 33.4 Å². The summed E-state index contributed by atoms with van der Waals surface area (Å²) in [6.45, 7) is 2.97. The predicted octanol–water partition coefficient (Wildman–Crippen LogP) is 2.59. The quantitative estimate of drug-likeness (QED) is 0.795. The molecule has 0 N–H and O–H groups in total. The number of hydrogen-bond donors (Lipinski definition) is 0. The second kappa shape index (κ2) is 7.37. The van der Waals surface area contributed by atoms with Gasteiger partial charge in [0.1, 0.15) is 18.5 Å². The Labute approximate surface area is 135 Å². The Morgan fingerprint density at radius 1 is 1.35 bits per heavy atom. The number of rotatable bonds is 4. The van der Waals surface area contributed by atoms with Crippen LogP contribution in [0.15, 0.2) is 36.1 Å². The number of benzene rings is 1. The van der Waals surface area contributed by atoms with E-state index < -0.39 is 6.16 Å². The minimum Gasteiger partial charge on any atom is -0.486 e. The summed E-state index contributed by atoms with van der Waals surface area (Å²) in [5.74, 6) is 2.25. The number of hydrogen-bond acceptors (Lipinski definition) is 6. The van der Waals surface area contributed by atoms with Crippen LogP contribution in [-0.2, 0) is 9.47 Å². The van der Waals surface area contributed by atoms with Gasteiger partial charge >= 0.3 is 6.16 Å². The van der Waals surface area contributed by atoms with Gasteiger partial charge < -0.3 is 18.9 Å². The van der Waals surface area contributed by atoms with Gasteiger partial charge in [-0.1, -0.05) is 12.1 Å². The number of para-hydroxylation sites is 2. The molecule has 0 saturated carbocycles. The fourth-order valence-corrected chi connectivity index (χ4v) is 2.72. The second-order valence-corrected chi connectivity index (χ2v) is 5.58. The maximum atomic E-state index is 11.2. The van der Waals surface area contributed by atoms with Crippen molar-refractivity contribution in [3.8, 4) is 11.5 Å². The molecular weight excluding hydrogens is 298 g/mol. The average molecular weight is 319 g/mol. The van der Waals surface area contributed by atoms with Crippen molar-refractivity contribution in [3.63, 3.8) is 0 Å². The first-order valence-electron chi connectivity index (χ1n) is 7.80. The van der Waals surface area contributed by atoms with Crippen LogP contribution < -0.4 is 9.47 Å². The molecule has 2 aliphatic rings. The van der Waals surface area contributed by atoms with Crippen molar-refractivity contribution in [1.29, 1.82) is 0 Å². The molecule has 0 fully saturated rings. The summed E-state index contributed by atoms with van der Waals surface area (Å²) in [6.07, 6.45) is 3.03. The highest BCUT2D eigenvalue weighted by molar-refractivity contribution is 5.61. The lowest BCUT2D eigenvalue weighted by Gasteiger charge is -2.30. The Kier molecular flexibility index (Phi) is 5.02. The van der Waals surface area contributed by atoms with Crippen LogP contribution in [-0.4, -0.2) is 50.5 Å². The molecule has 0 amide bonds. The van der Waals surface area contributed by atoms with Gasteiger partial charge in [0.25, 0.3) is 0 Å². The summed E-state index contributed by atoms with van der Waals surface area (Å²) in [4.78, 5) is 13.4. The fraction of sp³-hybridized carbons (Fsp3) is 0.471. The van der Waals surface area contributed by atoms with Gasteiger partial charge in [-0.15, -0.1) is 0 Å². The van der Waals surface area contributed by atoms with Crippen LogP contribution in [0.5, 0.6) is 11.5 Å². The Morgan fingerprint density at radius 2 is 2.17 bits per heavy atom. The van der Waals surface area contributed by atoms with E-state index >= 15 is 0 Å². The molecule has 0 radical (unpaired) electrons. The van der Waals surface area contributed by atoms with Gasteiger partial charge in [-0.25, -0.2) is 4.79 Å². The second-order valence-electron chi connectivity index (χ2n) is 5.58.